The van der Waals surface area contributed by atoms with Crippen LogP contribution in [0.3, 0.4) is 0 Å². The fourth-order valence-electron chi connectivity index (χ4n) is 3.22. The summed E-state index contributed by atoms with van der Waals surface area (Å²) in [6, 6.07) is 4.96. The molecule has 0 spiro atoms. The van der Waals surface area contributed by atoms with Gasteiger partial charge in [-0.3, -0.25) is 19.8 Å². The van der Waals surface area contributed by atoms with Crippen molar-refractivity contribution in [1.29, 1.82) is 0 Å². The summed E-state index contributed by atoms with van der Waals surface area (Å²) in [4.78, 5) is 30.7. The molecule has 0 saturated carbocycles. The Morgan fingerprint density at radius 1 is 1.52 bits per heavy atom. The lowest BCUT2D eigenvalue weighted by atomic mass is 10.1. The maximum absolute atomic E-state index is 12.5. The van der Waals surface area contributed by atoms with Gasteiger partial charge in [0.05, 0.1) is 9.82 Å². The van der Waals surface area contributed by atoms with Crippen molar-refractivity contribution in [3.63, 3.8) is 0 Å². The molecule has 1 aliphatic rings. The van der Waals surface area contributed by atoms with Gasteiger partial charge in [0.25, 0.3) is 11.6 Å². The van der Waals surface area contributed by atoms with Crippen molar-refractivity contribution in [3.05, 3.63) is 45.0 Å². The Morgan fingerprint density at radius 3 is 3.00 bits per heavy atom. The summed E-state index contributed by atoms with van der Waals surface area (Å²) in [6.07, 6.45) is 2.21. The van der Waals surface area contributed by atoms with Crippen LogP contribution in [0.1, 0.15) is 35.8 Å². The van der Waals surface area contributed by atoms with E-state index in [0.717, 1.165) is 36.0 Å². The molecule has 1 aliphatic heterocycles. The molecule has 1 fully saturated rings. The van der Waals surface area contributed by atoms with Crippen LogP contribution in [-0.4, -0.2) is 46.4 Å². The quantitative estimate of drug-likeness (QED) is 0.557. The summed E-state index contributed by atoms with van der Waals surface area (Å²) < 4.78 is 0.744. The monoisotopic (exact) mass is 406 g/mol. The first kappa shape index (κ1) is 19.8. The van der Waals surface area contributed by atoms with Crippen LogP contribution in [-0.2, 0) is 0 Å². The third kappa shape index (κ3) is 4.85. The van der Waals surface area contributed by atoms with E-state index in [-0.39, 0.29) is 11.6 Å². The minimum absolute atomic E-state index is 0.0726. The maximum Gasteiger partial charge on any atom is 0.284 e. The average Bonchev–Trinajstić information content (AvgIpc) is 3.28. The Morgan fingerprint density at radius 2 is 2.33 bits per heavy atom. The summed E-state index contributed by atoms with van der Waals surface area (Å²) in [5.74, 6) is -0.275. The molecule has 7 nitrogen and oxygen atoms in total. The Balaban J connectivity index is 1.71. The lowest BCUT2D eigenvalue weighted by Gasteiger charge is -2.22. The first-order valence-electron chi connectivity index (χ1n) is 8.88. The lowest BCUT2D eigenvalue weighted by molar-refractivity contribution is -0.387. The zero-order chi connectivity index (χ0) is 19.4. The van der Waals surface area contributed by atoms with E-state index in [9.17, 15) is 14.9 Å². The van der Waals surface area contributed by atoms with Gasteiger partial charge in [-0.25, -0.2) is 4.98 Å². The van der Waals surface area contributed by atoms with Gasteiger partial charge in [-0.1, -0.05) is 18.7 Å². The van der Waals surface area contributed by atoms with Crippen LogP contribution in [0, 0.1) is 17.0 Å². The van der Waals surface area contributed by atoms with Crippen LogP contribution in [0.4, 0.5) is 5.69 Å². The van der Waals surface area contributed by atoms with Crippen molar-refractivity contribution in [1.82, 2.24) is 15.2 Å². The number of nitro benzene ring substituents is 1. The number of nitrogens with zero attached hydrogens (tertiary/aromatic N) is 3. The molecular formula is C18H22N4O3S2. The zero-order valence-electron chi connectivity index (χ0n) is 15.3. The van der Waals surface area contributed by atoms with Crippen LogP contribution < -0.4 is 5.32 Å². The highest BCUT2D eigenvalue weighted by molar-refractivity contribution is 8.01. The molecule has 144 valence electrons. The summed E-state index contributed by atoms with van der Waals surface area (Å²) in [5, 5.41) is 16.3. The molecule has 1 atom stereocenters. The fraction of sp³-hybridized carbons (Fsp3) is 0.444. The molecule has 9 heteroatoms. The predicted octanol–water partition coefficient (Wildman–Crippen LogP) is 3.73. The molecule has 1 N–H and O–H groups in total. The van der Waals surface area contributed by atoms with E-state index in [2.05, 4.69) is 22.1 Å². The molecule has 1 aromatic carbocycles. The largest absolute Gasteiger partial charge is 0.350 e. The molecule has 2 heterocycles. The number of thiazole rings is 1. The van der Waals surface area contributed by atoms with Crippen LogP contribution in [0.2, 0.25) is 0 Å². The van der Waals surface area contributed by atoms with Gasteiger partial charge in [0.2, 0.25) is 0 Å². The molecule has 2 aromatic rings. The van der Waals surface area contributed by atoms with E-state index >= 15 is 0 Å². The molecule has 1 aromatic heterocycles. The van der Waals surface area contributed by atoms with Crippen molar-refractivity contribution < 1.29 is 9.72 Å². The van der Waals surface area contributed by atoms with Crippen LogP contribution in [0.5, 0.6) is 0 Å². The number of carbonyl (C=O) groups is 1. The standard InChI is InChI=1S/C18H22N4O3S2/c1-3-21-8-4-5-14(21)10-19-17(23)13-6-7-16(15(9-13)22(24)25)27-18-20-12(2)11-26-18/h6-7,9,11,14H,3-5,8,10H2,1-2H3,(H,19,23). The number of likely N-dealkylation sites (tertiary alicyclic amines) is 1. The smallest absolute Gasteiger partial charge is 0.284 e. The molecule has 3 rings (SSSR count). The van der Waals surface area contributed by atoms with Crippen molar-refractivity contribution in [2.45, 2.75) is 42.0 Å². The molecule has 0 bridgehead atoms. The van der Waals surface area contributed by atoms with Gasteiger partial charge in [0.1, 0.15) is 0 Å². The third-order valence-corrected chi connectivity index (χ3v) is 6.74. The molecule has 1 unspecified atom stereocenters. The Bertz CT molecular complexity index is 840. The minimum Gasteiger partial charge on any atom is -0.350 e. The van der Waals surface area contributed by atoms with Crippen molar-refractivity contribution in [2.24, 2.45) is 0 Å². The number of rotatable bonds is 7. The first-order chi connectivity index (χ1) is 13.0. The van der Waals surface area contributed by atoms with Crippen LogP contribution >= 0.6 is 23.1 Å². The molecule has 0 aliphatic carbocycles. The van der Waals surface area contributed by atoms with Crippen molar-refractivity contribution in [3.8, 4) is 0 Å². The lowest BCUT2D eigenvalue weighted by Crippen LogP contribution is -2.40. The number of nitrogens with one attached hydrogen (secondary N) is 1. The van der Waals surface area contributed by atoms with E-state index < -0.39 is 4.92 Å². The summed E-state index contributed by atoms with van der Waals surface area (Å²) in [6.45, 7) is 6.59. The van der Waals surface area contributed by atoms with Crippen molar-refractivity contribution in [2.75, 3.05) is 19.6 Å². The molecular weight excluding hydrogens is 384 g/mol. The van der Waals surface area contributed by atoms with Gasteiger partial charge in [-0.05, 0) is 45.0 Å². The molecule has 1 amide bonds. The van der Waals surface area contributed by atoms with Crippen molar-refractivity contribution >= 4 is 34.7 Å². The van der Waals surface area contributed by atoms with E-state index in [4.69, 9.17) is 0 Å². The van der Waals surface area contributed by atoms with Gasteiger partial charge in [-0.2, -0.15) is 0 Å². The number of hydrogen-bond acceptors (Lipinski definition) is 7. The first-order valence-corrected chi connectivity index (χ1v) is 10.6. The number of nitro groups is 1. The summed E-state index contributed by atoms with van der Waals surface area (Å²) in [7, 11) is 0. The van der Waals surface area contributed by atoms with Crippen LogP contribution in [0.15, 0.2) is 32.8 Å². The Labute approximate surface area is 166 Å². The highest BCUT2D eigenvalue weighted by atomic mass is 32.2. The number of likely N-dealkylation sites (N-methyl/N-ethyl adjacent to an activating group) is 1. The number of amides is 1. The number of benzene rings is 1. The Kier molecular flexibility index (Phi) is 6.46. The minimum atomic E-state index is -0.449. The zero-order valence-corrected chi connectivity index (χ0v) is 16.9. The number of aromatic nitrogens is 1. The van der Waals surface area contributed by atoms with E-state index in [1.165, 1.54) is 29.2 Å². The Hall–Kier alpha value is -1.97. The van der Waals surface area contributed by atoms with Gasteiger partial charge in [0, 0.05) is 35.3 Å². The summed E-state index contributed by atoms with van der Waals surface area (Å²) >= 11 is 2.69. The SMILES string of the molecule is CCN1CCCC1CNC(=O)c1ccc(Sc2nc(C)cs2)c([N+](=O)[O-])c1. The highest BCUT2D eigenvalue weighted by Gasteiger charge is 2.24. The van der Waals surface area contributed by atoms with Gasteiger partial charge < -0.3 is 5.32 Å². The molecule has 1 saturated heterocycles. The predicted molar refractivity (Wildman–Crippen MR) is 107 cm³/mol. The van der Waals surface area contributed by atoms with Gasteiger partial charge in [0.15, 0.2) is 4.34 Å². The fourth-order valence-corrected chi connectivity index (χ4v) is 5.09. The van der Waals surface area contributed by atoms with E-state index in [1.807, 2.05) is 12.3 Å². The highest BCUT2D eigenvalue weighted by Crippen LogP contribution is 2.36. The summed E-state index contributed by atoms with van der Waals surface area (Å²) in [5.41, 5.74) is 1.12. The van der Waals surface area contributed by atoms with Gasteiger partial charge >= 0.3 is 0 Å². The number of carbonyl (C=O) groups excluding carboxylic acids is 1. The second kappa shape index (κ2) is 8.81. The maximum atomic E-state index is 12.5. The number of aryl methyl sites for hydroxylation is 1. The average molecular weight is 407 g/mol. The second-order valence-corrected chi connectivity index (χ2v) is 8.58. The number of hydrogen-bond donors (Lipinski definition) is 1. The molecule has 0 radical (unpaired) electrons. The molecule has 27 heavy (non-hydrogen) atoms. The van der Waals surface area contributed by atoms with E-state index in [0.29, 0.717) is 23.0 Å². The second-order valence-electron chi connectivity index (χ2n) is 6.43. The normalized spacial score (nSPS) is 17.2. The van der Waals surface area contributed by atoms with Crippen LogP contribution in [0.25, 0.3) is 0 Å². The topological polar surface area (TPSA) is 88.4 Å². The van der Waals surface area contributed by atoms with Gasteiger partial charge in [-0.15, -0.1) is 11.3 Å². The third-order valence-electron chi connectivity index (χ3n) is 4.62. The van der Waals surface area contributed by atoms with E-state index in [1.54, 1.807) is 12.1 Å².